The van der Waals surface area contributed by atoms with Crippen LogP contribution in [0.25, 0.3) is 0 Å². The van der Waals surface area contributed by atoms with E-state index < -0.39 is 0 Å². The minimum atomic E-state index is -0.233. The highest BCUT2D eigenvalue weighted by Crippen LogP contribution is 2.22. The molecule has 0 spiro atoms. The lowest BCUT2D eigenvalue weighted by molar-refractivity contribution is 0.103. The zero-order chi connectivity index (χ0) is 17.1. The van der Waals surface area contributed by atoms with Crippen molar-refractivity contribution in [2.24, 2.45) is 0 Å². The van der Waals surface area contributed by atoms with Gasteiger partial charge in [0.25, 0.3) is 5.56 Å². The average molecular weight is 321 g/mol. The number of rotatable bonds is 5. The van der Waals surface area contributed by atoms with E-state index in [-0.39, 0.29) is 17.3 Å². The highest BCUT2D eigenvalue weighted by molar-refractivity contribution is 6.07. The topological polar surface area (TPSA) is 78.6 Å². The van der Waals surface area contributed by atoms with Crippen molar-refractivity contribution >= 4 is 5.78 Å². The summed E-state index contributed by atoms with van der Waals surface area (Å²) in [6, 6.07) is 14.5. The summed E-state index contributed by atoms with van der Waals surface area (Å²) in [5.41, 5.74) is 3.80. The molecule has 3 aromatic rings. The third-order valence-electron chi connectivity index (χ3n) is 4.19. The van der Waals surface area contributed by atoms with Crippen LogP contribution < -0.4 is 5.56 Å². The maximum absolute atomic E-state index is 12.6. The molecule has 0 radical (unpaired) electrons. The first-order valence-electron chi connectivity index (χ1n) is 7.96. The molecule has 122 valence electrons. The SMILES string of the molecule is CCc1ccc(C(=O)c2ccc(C(C)c3ccc(=O)[nH]n3)[nH]2)cc1. The second-order valence-electron chi connectivity index (χ2n) is 5.77. The van der Waals surface area contributed by atoms with Gasteiger partial charge in [0.05, 0.1) is 11.4 Å². The molecule has 0 aliphatic carbocycles. The van der Waals surface area contributed by atoms with E-state index in [4.69, 9.17) is 0 Å². The Hall–Kier alpha value is -2.95. The van der Waals surface area contributed by atoms with Crippen LogP contribution in [0, 0.1) is 0 Å². The van der Waals surface area contributed by atoms with Gasteiger partial charge in [-0.25, -0.2) is 5.10 Å². The predicted molar refractivity (Wildman–Crippen MR) is 92.4 cm³/mol. The van der Waals surface area contributed by atoms with E-state index in [0.29, 0.717) is 11.3 Å². The van der Waals surface area contributed by atoms with E-state index in [9.17, 15) is 9.59 Å². The van der Waals surface area contributed by atoms with Crippen LogP contribution in [0.4, 0.5) is 0 Å². The Kier molecular flexibility index (Phi) is 4.42. The van der Waals surface area contributed by atoms with Crippen LogP contribution >= 0.6 is 0 Å². The molecule has 0 bridgehead atoms. The molecule has 1 aromatic carbocycles. The monoisotopic (exact) mass is 321 g/mol. The number of nitrogens with zero attached hydrogens (tertiary/aromatic N) is 1. The Labute approximate surface area is 139 Å². The van der Waals surface area contributed by atoms with Gasteiger partial charge in [0.15, 0.2) is 0 Å². The number of ketones is 1. The van der Waals surface area contributed by atoms with E-state index in [1.807, 2.05) is 37.3 Å². The summed E-state index contributed by atoms with van der Waals surface area (Å²) in [5.74, 6) is -0.0867. The van der Waals surface area contributed by atoms with Gasteiger partial charge in [0.2, 0.25) is 5.78 Å². The number of aryl methyl sites for hydroxylation is 1. The molecule has 5 heteroatoms. The number of carbonyl (C=O) groups excluding carboxylic acids is 1. The van der Waals surface area contributed by atoms with Crippen LogP contribution in [-0.2, 0) is 6.42 Å². The number of hydrogen-bond donors (Lipinski definition) is 2. The normalized spacial score (nSPS) is 12.1. The van der Waals surface area contributed by atoms with E-state index >= 15 is 0 Å². The van der Waals surface area contributed by atoms with Crippen LogP contribution in [0.2, 0.25) is 0 Å². The molecular formula is C19H19N3O2. The number of benzene rings is 1. The molecule has 0 amide bonds. The molecule has 0 saturated carbocycles. The van der Waals surface area contributed by atoms with Crippen molar-refractivity contribution in [3.63, 3.8) is 0 Å². The molecule has 2 N–H and O–H groups in total. The predicted octanol–water partition coefficient (Wildman–Crippen LogP) is 3.04. The Bertz CT molecular complexity index is 886. The van der Waals surface area contributed by atoms with E-state index in [1.165, 1.54) is 11.6 Å². The van der Waals surface area contributed by atoms with Gasteiger partial charge in [0.1, 0.15) is 0 Å². The van der Waals surface area contributed by atoms with Crippen molar-refractivity contribution in [2.75, 3.05) is 0 Å². The summed E-state index contributed by atoms with van der Waals surface area (Å²) in [6.07, 6.45) is 0.949. The fourth-order valence-corrected chi connectivity index (χ4v) is 2.60. The summed E-state index contributed by atoms with van der Waals surface area (Å²) in [4.78, 5) is 26.8. The highest BCUT2D eigenvalue weighted by atomic mass is 16.1. The molecule has 5 nitrogen and oxygen atoms in total. The quantitative estimate of drug-likeness (QED) is 0.709. The number of hydrogen-bond acceptors (Lipinski definition) is 3. The van der Waals surface area contributed by atoms with Crippen molar-refractivity contribution in [1.29, 1.82) is 0 Å². The molecule has 1 unspecified atom stereocenters. The Morgan fingerprint density at radius 3 is 2.46 bits per heavy atom. The molecule has 0 aliphatic heterocycles. The molecule has 2 aromatic heterocycles. The molecule has 0 saturated heterocycles. The van der Waals surface area contributed by atoms with Gasteiger partial charge < -0.3 is 4.98 Å². The van der Waals surface area contributed by atoms with Crippen molar-refractivity contribution in [3.8, 4) is 0 Å². The molecule has 2 heterocycles. The zero-order valence-electron chi connectivity index (χ0n) is 13.7. The first-order chi connectivity index (χ1) is 11.6. The average Bonchev–Trinajstić information content (AvgIpc) is 3.11. The van der Waals surface area contributed by atoms with Gasteiger partial charge in [-0.1, -0.05) is 38.1 Å². The van der Waals surface area contributed by atoms with Gasteiger partial charge in [-0.15, -0.1) is 0 Å². The minimum Gasteiger partial charge on any atom is -0.355 e. The minimum absolute atomic E-state index is 0.0365. The maximum atomic E-state index is 12.6. The van der Waals surface area contributed by atoms with Crippen LogP contribution in [0.1, 0.15) is 52.8 Å². The molecule has 1 atom stereocenters. The fourth-order valence-electron chi connectivity index (χ4n) is 2.60. The zero-order valence-corrected chi connectivity index (χ0v) is 13.7. The standard InChI is InChI=1S/C19H19N3O2/c1-3-13-4-6-14(7-5-13)19(24)17-9-8-15(20-17)12(2)16-10-11-18(23)22-21-16/h4-12,20H,3H2,1-2H3,(H,22,23). The van der Waals surface area contributed by atoms with Crippen LogP contribution in [0.3, 0.4) is 0 Å². The highest BCUT2D eigenvalue weighted by Gasteiger charge is 2.16. The van der Waals surface area contributed by atoms with Crippen LogP contribution in [-0.4, -0.2) is 21.0 Å². The lowest BCUT2D eigenvalue weighted by Gasteiger charge is -2.08. The lowest BCUT2D eigenvalue weighted by Crippen LogP contribution is -2.10. The largest absolute Gasteiger partial charge is 0.355 e. The summed E-state index contributed by atoms with van der Waals surface area (Å²) < 4.78 is 0. The van der Waals surface area contributed by atoms with E-state index in [2.05, 4.69) is 22.1 Å². The third-order valence-corrected chi connectivity index (χ3v) is 4.19. The van der Waals surface area contributed by atoms with Gasteiger partial charge in [-0.05, 0) is 30.2 Å². The van der Waals surface area contributed by atoms with Crippen LogP contribution in [0.5, 0.6) is 0 Å². The number of H-pyrrole nitrogens is 2. The number of nitrogens with one attached hydrogen (secondary N) is 2. The van der Waals surface area contributed by atoms with Crippen molar-refractivity contribution < 1.29 is 4.79 Å². The van der Waals surface area contributed by atoms with Crippen LogP contribution in [0.15, 0.2) is 53.3 Å². The van der Waals surface area contributed by atoms with E-state index in [0.717, 1.165) is 17.8 Å². The summed E-state index contributed by atoms with van der Waals surface area (Å²) >= 11 is 0. The number of aromatic amines is 2. The fraction of sp³-hybridized carbons (Fsp3) is 0.211. The Balaban J connectivity index is 1.82. The Morgan fingerprint density at radius 2 is 1.83 bits per heavy atom. The van der Waals surface area contributed by atoms with Gasteiger partial charge in [0, 0.05) is 23.2 Å². The van der Waals surface area contributed by atoms with Gasteiger partial charge in [-0.3, -0.25) is 9.59 Å². The van der Waals surface area contributed by atoms with Crippen molar-refractivity contribution in [2.45, 2.75) is 26.2 Å². The van der Waals surface area contributed by atoms with E-state index in [1.54, 1.807) is 12.1 Å². The molecular weight excluding hydrogens is 302 g/mol. The summed E-state index contributed by atoms with van der Waals surface area (Å²) in [7, 11) is 0. The summed E-state index contributed by atoms with van der Waals surface area (Å²) in [5, 5.41) is 6.47. The molecule has 0 aliphatic rings. The molecule has 0 fully saturated rings. The summed E-state index contributed by atoms with van der Waals surface area (Å²) in [6.45, 7) is 4.05. The lowest BCUT2D eigenvalue weighted by atomic mass is 10.0. The van der Waals surface area contributed by atoms with Gasteiger partial charge in [-0.2, -0.15) is 5.10 Å². The number of carbonyl (C=O) groups is 1. The number of aromatic nitrogens is 3. The Morgan fingerprint density at radius 1 is 1.08 bits per heavy atom. The first kappa shape index (κ1) is 15.9. The molecule has 24 heavy (non-hydrogen) atoms. The van der Waals surface area contributed by atoms with Crippen molar-refractivity contribution in [3.05, 3.63) is 87.1 Å². The van der Waals surface area contributed by atoms with Crippen molar-refractivity contribution in [1.82, 2.24) is 15.2 Å². The van der Waals surface area contributed by atoms with Gasteiger partial charge >= 0.3 is 0 Å². The third kappa shape index (κ3) is 3.20. The smallest absolute Gasteiger partial charge is 0.264 e. The molecule has 3 rings (SSSR count). The first-order valence-corrected chi connectivity index (χ1v) is 7.96. The second kappa shape index (κ2) is 6.66. The maximum Gasteiger partial charge on any atom is 0.264 e. The second-order valence-corrected chi connectivity index (χ2v) is 5.77.